The Hall–Kier alpha value is -2.79. The van der Waals surface area contributed by atoms with Crippen molar-refractivity contribution in [1.82, 2.24) is 4.90 Å². The predicted octanol–water partition coefficient (Wildman–Crippen LogP) is 4.71. The van der Waals surface area contributed by atoms with E-state index in [1.54, 1.807) is 0 Å². The smallest absolute Gasteiger partial charge is 0.209 e. The van der Waals surface area contributed by atoms with Crippen LogP contribution >= 0.6 is 15.8 Å². The van der Waals surface area contributed by atoms with Crippen LogP contribution in [-0.4, -0.2) is 36.7 Å². The highest BCUT2D eigenvalue weighted by molar-refractivity contribution is 7.73. The standard InChI is InChI=1S/C29H29NOP2/c31-25-30(21-23-32(26-13-5-1-6-14-26)27-15-7-2-8-16-27)22-24-33(28-17-9-3-10-18-28)29-19-11-4-12-20-29/h1-20,25H,21-24H2. The third kappa shape index (κ3) is 6.61. The SMILES string of the molecule is O=CN(CCP(c1ccccc1)c1ccccc1)CCP(c1ccccc1)c1ccccc1. The van der Waals surface area contributed by atoms with E-state index in [0.717, 1.165) is 31.8 Å². The van der Waals surface area contributed by atoms with Crippen LogP contribution in [0.1, 0.15) is 0 Å². The molecule has 0 N–H and O–H groups in total. The molecule has 0 radical (unpaired) electrons. The maximum absolute atomic E-state index is 12.0. The van der Waals surface area contributed by atoms with Crippen molar-refractivity contribution in [2.45, 2.75) is 0 Å². The summed E-state index contributed by atoms with van der Waals surface area (Å²) >= 11 is 0. The first-order valence-electron chi connectivity index (χ1n) is 11.3. The Balaban J connectivity index is 1.46. The average Bonchev–Trinajstić information content (AvgIpc) is 2.90. The van der Waals surface area contributed by atoms with Gasteiger partial charge < -0.3 is 4.90 Å². The van der Waals surface area contributed by atoms with Gasteiger partial charge in [-0.2, -0.15) is 0 Å². The molecule has 0 spiro atoms. The molecule has 0 heterocycles. The lowest BCUT2D eigenvalue weighted by atomic mass is 10.4. The summed E-state index contributed by atoms with van der Waals surface area (Å²) in [4.78, 5) is 14.0. The summed E-state index contributed by atoms with van der Waals surface area (Å²) < 4.78 is 0. The van der Waals surface area contributed by atoms with Crippen molar-refractivity contribution in [2.75, 3.05) is 25.4 Å². The summed E-state index contributed by atoms with van der Waals surface area (Å²) in [5.41, 5.74) is 0. The predicted molar refractivity (Wildman–Crippen MR) is 146 cm³/mol. The molecule has 0 atom stereocenters. The number of carbonyl (C=O) groups is 1. The Morgan fingerprint density at radius 2 is 0.758 bits per heavy atom. The fraction of sp³-hybridized carbons (Fsp3) is 0.138. The van der Waals surface area contributed by atoms with Gasteiger partial charge in [0, 0.05) is 13.1 Å². The zero-order valence-electron chi connectivity index (χ0n) is 18.7. The molecule has 0 bridgehead atoms. The molecule has 4 aromatic rings. The Kier molecular flexibility index (Phi) is 8.82. The van der Waals surface area contributed by atoms with Gasteiger partial charge >= 0.3 is 0 Å². The number of hydrogen-bond donors (Lipinski definition) is 0. The van der Waals surface area contributed by atoms with Crippen molar-refractivity contribution < 1.29 is 4.79 Å². The van der Waals surface area contributed by atoms with Crippen molar-refractivity contribution in [3.05, 3.63) is 121 Å². The number of rotatable bonds is 11. The summed E-state index contributed by atoms with van der Waals surface area (Å²) in [6.07, 6.45) is 2.97. The van der Waals surface area contributed by atoms with Crippen molar-refractivity contribution in [3.63, 3.8) is 0 Å². The van der Waals surface area contributed by atoms with Gasteiger partial charge in [0.2, 0.25) is 6.41 Å². The van der Waals surface area contributed by atoms with Gasteiger partial charge in [0.25, 0.3) is 0 Å². The van der Waals surface area contributed by atoms with Gasteiger partial charge in [-0.05, 0) is 49.4 Å². The Labute approximate surface area is 199 Å². The lowest BCUT2D eigenvalue weighted by Gasteiger charge is -2.25. The lowest BCUT2D eigenvalue weighted by Crippen LogP contribution is -2.31. The fourth-order valence-corrected chi connectivity index (χ4v) is 8.59. The van der Waals surface area contributed by atoms with E-state index in [4.69, 9.17) is 0 Å². The molecule has 0 aliphatic carbocycles. The van der Waals surface area contributed by atoms with E-state index in [9.17, 15) is 4.79 Å². The van der Waals surface area contributed by atoms with Crippen LogP contribution in [0.3, 0.4) is 0 Å². The highest BCUT2D eigenvalue weighted by Gasteiger charge is 2.17. The maximum atomic E-state index is 12.0. The second-order valence-corrected chi connectivity index (χ2v) is 12.5. The summed E-state index contributed by atoms with van der Waals surface area (Å²) in [6, 6.07) is 42.9. The molecule has 0 aliphatic rings. The number of amides is 1. The fourth-order valence-electron chi connectivity index (χ4n) is 3.92. The molecule has 0 saturated heterocycles. The van der Waals surface area contributed by atoms with Crippen LogP contribution in [0.25, 0.3) is 0 Å². The third-order valence-corrected chi connectivity index (χ3v) is 10.6. The van der Waals surface area contributed by atoms with Gasteiger partial charge in [-0.1, -0.05) is 121 Å². The first kappa shape index (κ1) is 23.4. The molecule has 0 saturated carbocycles. The monoisotopic (exact) mass is 469 g/mol. The molecule has 4 heteroatoms. The zero-order chi connectivity index (χ0) is 22.7. The van der Waals surface area contributed by atoms with Crippen LogP contribution in [-0.2, 0) is 4.79 Å². The van der Waals surface area contributed by atoms with Crippen LogP contribution in [0.5, 0.6) is 0 Å². The molecule has 0 unspecified atom stereocenters. The van der Waals surface area contributed by atoms with E-state index in [0.29, 0.717) is 0 Å². The van der Waals surface area contributed by atoms with Crippen LogP contribution in [0.2, 0.25) is 0 Å². The van der Waals surface area contributed by atoms with E-state index in [1.807, 2.05) is 4.90 Å². The van der Waals surface area contributed by atoms with E-state index in [-0.39, 0.29) is 0 Å². The van der Waals surface area contributed by atoms with Crippen molar-refractivity contribution in [2.24, 2.45) is 0 Å². The molecule has 0 aliphatic heterocycles. The first-order chi connectivity index (χ1) is 16.3. The minimum absolute atomic E-state index is 0.498. The quantitative estimate of drug-likeness (QED) is 0.230. The van der Waals surface area contributed by atoms with Crippen LogP contribution in [0, 0.1) is 0 Å². The average molecular weight is 470 g/mol. The normalized spacial score (nSPS) is 11.0. The molecule has 0 aromatic heterocycles. The maximum Gasteiger partial charge on any atom is 0.209 e. The van der Waals surface area contributed by atoms with Gasteiger partial charge in [-0.15, -0.1) is 0 Å². The van der Waals surface area contributed by atoms with Crippen LogP contribution in [0.15, 0.2) is 121 Å². The van der Waals surface area contributed by atoms with E-state index in [1.165, 1.54) is 21.2 Å². The van der Waals surface area contributed by atoms with Crippen molar-refractivity contribution in [1.29, 1.82) is 0 Å². The highest BCUT2D eigenvalue weighted by atomic mass is 31.1. The van der Waals surface area contributed by atoms with Gasteiger partial charge in [-0.25, -0.2) is 0 Å². The number of hydrogen-bond acceptors (Lipinski definition) is 1. The summed E-state index contributed by atoms with van der Waals surface area (Å²) in [5, 5.41) is 5.45. The third-order valence-electron chi connectivity index (χ3n) is 5.64. The van der Waals surface area contributed by atoms with Crippen molar-refractivity contribution >= 4 is 43.5 Å². The van der Waals surface area contributed by atoms with E-state index < -0.39 is 15.8 Å². The lowest BCUT2D eigenvalue weighted by molar-refractivity contribution is -0.117. The number of carbonyl (C=O) groups excluding carboxylic acids is 1. The molecular formula is C29H29NOP2. The molecule has 33 heavy (non-hydrogen) atoms. The molecular weight excluding hydrogens is 440 g/mol. The van der Waals surface area contributed by atoms with Gasteiger partial charge in [-0.3, -0.25) is 4.79 Å². The first-order valence-corrected chi connectivity index (χ1v) is 14.3. The Morgan fingerprint density at radius 1 is 0.485 bits per heavy atom. The molecule has 4 rings (SSSR count). The Bertz CT molecular complexity index is 926. The molecule has 2 nitrogen and oxygen atoms in total. The topological polar surface area (TPSA) is 20.3 Å². The molecule has 4 aromatic carbocycles. The highest BCUT2D eigenvalue weighted by Crippen LogP contribution is 2.35. The van der Waals surface area contributed by atoms with E-state index >= 15 is 0 Å². The van der Waals surface area contributed by atoms with Crippen molar-refractivity contribution in [3.8, 4) is 0 Å². The minimum atomic E-state index is -0.498. The zero-order valence-corrected chi connectivity index (χ0v) is 20.5. The summed E-state index contributed by atoms with van der Waals surface area (Å²) in [7, 11) is -0.996. The number of benzene rings is 4. The summed E-state index contributed by atoms with van der Waals surface area (Å²) in [5.74, 6) is 0. The summed E-state index contributed by atoms with van der Waals surface area (Å²) in [6.45, 7) is 1.54. The molecule has 0 fully saturated rings. The second-order valence-electron chi connectivity index (χ2n) is 7.79. The van der Waals surface area contributed by atoms with Gasteiger partial charge in [0.1, 0.15) is 0 Å². The molecule has 166 valence electrons. The van der Waals surface area contributed by atoms with Gasteiger partial charge in [0.05, 0.1) is 0 Å². The van der Waals surface area contributed by atoms with Gasteiger partial charge in [0.15, 0.2) is 0 Å². The molecule has 1 amide bonds. The largest absolute Gasteiger partial charge is 0.345 e. The Morgan fingerprint density at radius 3 is 1.00 bits per heavy atom. The second kappa shape index (κ2) is 12.4. The van der Waals surface area contributed by atoms with Crippen LogP contribution in [0.4, 0.5) is 0 Å². The number of nitrogens with zero attached hydrogens (tertiary/aromatic N) is 1. The van der Waals surface area contributed by atoms with E-state index in [2.05, 4.69) is 121 Å². The van der Waals surface area contributed by atoms with Crippen LogP contribution < -0.4 is 21.2 Å². The minimum Gasteiger partial charge on any atom is -0.345 e.